The van der Waals surface area contributed by atoms with Crippen molar-refractivity contribution in [1.29, 1.82) is 0 Å². The molecule has 0 aliphatic carbocycles. The predicted octanol–water partition coefficient (Wildman–Crippen LogP) is 3.72. The van der Waals surface area contributed by atoms with Crippen LogP contribution in [0.4, 0.5) is 22.0 Å². The number of rotatable bonds is 5. The van der Waals surface area contributed by atoms with Crippen LogP contribution in [0, 0.1) is 11.6 Å². The predicted molar refractivity (Wildman–Crippen MR) is 75.0 cm³/mol. The summed E-state index contributed by atoms with van der Waals surface area (Å²) in [4.78, 5) is 11.8. The summed E-state index contributed by atoms with van der Waals surface area (Å²) < 4.78 is 67.6. The molecule has 0 radical (unpaired) electrons. The Kier molecular flexibility index (Phi) is 5.38. The van der Waals surface area contributed by atoms with E-state index in [4.69, 9.17) is 0 Å². The zero-order chi connectivity index (χ0) is 17.7. The first-order valence-electron chi connectivity index (χ1n) is 6.79. The molecule has 2 aromatic rings. The number of carbonyl (C=O) groups excluding carboxylic acids is 1. The molecule has 2 aromatic carbocycles. The lowest BCUT2D eigenvalue weighted by molar-refractivity contribution is -0.275. The summed E-state index contributed by atoms with van der Waals surface area (Å²) in [6.45, 7) is -0.638. The molecule has 0 aromatic heterocycles. The Morgan fingerprint density at radius 2 is 1.71 bits per heavy atom. The van der Waals surface area contributed by atoms with E-state index < -0.39 is 41.8 Å². The Labute approximate surface area is 134 Å². The monoisotopic (exact) mass is 345 g/mol. The van der Waals surface area contributed by atoms with Crippen molar-refractivity contribution in [3.8, 4) is 5.75 Å². The summed E-state index contributed by atoms with van der Waals surface area (Å²) in [5.74, 6) is -4.29. The molecule has 0 saturated heterocycles. The van der Waals surface area contributed by atoms with Gasteiger partial charge in [-0.1, -0.05) is 30.3 Å². The van der Waals surface area contributed by atoms with Gasteiger partial charge < -0.3 is 10.1 Å². The van der Waals surface area contributed by atoms with E-state index in [1.54, 1.807) is 30.3 Å². The van der Waals surface area contributed by atoms with Gasteiger partial charge in [0.1, 0.15) is 5.75 Å². The van der Waals surface area contributed by atoms with E-state index >= 15 is 0 Å². The molecule has 0 fully saturated rings. The Bertz CT molecular complexity index is 716. The van der Waals surface area contributed by atoms with Gasteiger partial charge in [-0.05, 0) is 17.7 Å². The number of ether oxygens (including phenoxy) is 1. The quantitative estimate of drug-likeness (QED) is 0.839. The molecular formula is C16H12F5NO2. The molecule has 24 heavy (non-hydrogen) atoms. The zero-order valence-corrected chi connectivity index (χ0v) is 12.2. The van der Waals surface area contributed by atoms with Gasteiger partial charge in [-0.15, -0.1) is 13.2 Å². The summed E-state index contributed by atoms with van der Waals surface area (Å²) in [6.07, 6.45) is -5.11. The first-order chi connectivity index (χ1) is 11.3. The van der Waals surface area contributed by atoms with E-state index in [9.17, 15) is 26.7 Å². The Hall–Kier alpha value is -2.64. The second-order valence-corrected chi connectivity index (χ2v) is 4.82. The summed E-state index contributed by atoms with van der Waals surface area (Å²) >= 11 is 0. The number of hydrogen-bond acceptors (Lipinski definition) is 2. The molecule has 0 aliphatic heterocycles. The Morgan fingerprint density at radius 3 is 2.33 bits per heavy atom. The number of carbonyl (C=O) groups is 1. The molecule has 0 bridgehead atoms. The minimum absolute atomic E-state index is 0.0484. The number of nitrogens with one attached hydrogen (secondary N) is 1. The highest BCUT2D eigenvalue weighted by molar-refractivity contribution is 5.78. The van der Waals surface area contributed by atoms with Crippen molar-refractivity contribution in [3.63, 3.8) is 0 Å². The van der Waals surface area contributed by atoms with Gasteiger partial charge in [-0.2, -0.15) is 0 Å². The molecule has 0 atom stereocenters. The number of alkyl halides is 3. The summed E-state index contributed by atoms with van der Waals surface area (Å²) in [6, 6.07) is 9.72. The van der Waals surface area contributed by atoms with Crippen LogP contribution in [0.1, 0.15) is 11.1 Å². The normalized spacial score (nSPS) is 11.2. The van der Waals surface area contributed by atoms with Gasteiger partial charge in [-0.25, -0.2) is 8.78 Å². The number of amides is 1. The van der Waals surface area contributed by atoms with Gasteiger partial charge in [0, 0.05) is 6.54 Å². The lowest BCUT2D eigenvalue weighted by Gasteiger charge is -2.15. The first kappa shape index (κ1) is 17.7. The van der Waals surface area contributed by atoms with E-state index in [0.717, 1.165) is 0 Å². The highest BCUT2D eigenvalue weighted by Gasteiger charge is 2.33. The van der Waals surface area contributed by atoms with E-state index in [-0.39, 0.29) is 6.42 Å². The van der Waals surface area contributed by atoms with Crippen molar-refractivity contribution in [1.82, 2.24) is 5.32 Å². The van der Waals surface area contributed by atoms with Gasteiger partial charge in [0.15, 0.2) is 11.6 Å². The molecule has 1 N–H and O–H groups in total. The third kappa shape index (κ3) is 4.94. The molecule has 0 heterocycles. The Balaban J connectivity index is 2.10. The molecule has 0 aliphatic rings. The summed E-state index contributed by atoms with van der Waals surface area (Å²) in [5, 5.41) is 2.25. The lowest BCUT2D eigenvalue weighted by Crippen LogP contribution is -2.26. The maximum Gasteiger partial charge on any atom is 0.573 e. The fraction of sp³-hybridized carbons (Fsp3) is 0.188. The van der Waals surface area contributed by atoms with Crippen molar-refractivity contribution >= 4 is 5.91 Å². The average molecular weight is 345 g/mol. The molecule has 3 nitrogen and oxygen atoms in total. The molecule has 8 heteroatoms. The van der Waals surface area contributed by atoms with Gasteiger partial charge >= 0.3 is 6.36 Å². The molecular weight excluding hydrogens is 333 g/mol. The number of hydrogen-bond donors (Lipinski definition) is 1. The molecule has 128 valence electrons. The Morgan fingerprint density at radius 1 is 1.04 bits per heavy atom. The summed E-state index contributed by atoms with van der Waals surface area (Å²) in [5.41, 5.74) is -0.0461. The van der Waals surface area contributed by atoms with Gasteiger partial charge in [0.2, 0.25) is 5.91 Å². The van der Waals surface area contributed by atoms with Crippen LogP contribution in [0.5, 0.6) is 5.75 Å². The van der Waals surface area contributed by atoms with E-state index in [1.807, 2.05) is 0 Å². The smallest absolute Gasteiger partial charge is 0.405 e. The van der Waals surface area contributed by atoms with E-state index in [2.05, 4.69) is 10.1 Å². The summed E-state index contributed by atoms with van der Waals surface area (Å²) in [7, 11) is 0. The molecule has 1 amide bonds. The third-order valence-electron chi connectivity index (χ3n) is 3.05. The van der Waals surface area contributed by atoms with Crippen LogP contribution in [0.15, 0.2) is 42.5 Å². The van der Waals surface area contributed by atoms with E-state index in [1.165, 1.54) is 0 Å². The van der Waals surface area contributed by atoms with Crippen LogP contribution in [-0.2, 0) is 17.8 Å². The highest BCUT2D eigenvalue weighted by Crippen LogP contribution is 2.29. The second kappa shape index (κ2) is 7.29. The van der Waals surface area contributed by atoms with Crippen LogP contribution in [0.2, 0.25) is 0 Å². The SMILES string of the molecule is O=C(Cc1ccccc1)NCc1c(OC(F)(F)F)ccc(F)c1F. The van der Waals surface area contributed by atoms with Crippen LogP contribution in [-0.4, -0.2) is 12.3 Å². The van der Waals surface area contributed by atoms with Crippen LogP contribution in [0.3, 0.4) is 0 Å². The minimum atomic E-state index is -5.06. The van der Waals surface area contributed by atoms with Crippen molar-refractivity contribution < 1.29 is 31.5 Å². The standard InChI is InChI=1S/C16H12F5NO2/c17-12-6-7-13(24-16(19,20)21)11(15(12)18)9-22-14(23)8-10-4-2-1-3-5-10/h1-7H,8-9H2,(H,22,23). The fourth-order valence-corrected chi connectivity index (χ4v) is 1.99. The average Bonchev–Trinajstić information content (AvgIpc) is 2.50. The maximum absolute atomic E-state index is 13.7. The molecule has 2 rings (SSSR count). The van der Waals surface area contributed by atoms with Crippen LogP contribution >= 0.6 is 0 Å². The minimum Gasteiger partial charge on any atom is -0.405 e. The van der Waals surface area contributed by atoms with Crippen molar-refractivity contribution in [2.45, 2.75) is 19.3 Å². The highest BCUT2D eigenvalue weighted by atomic mass is 19.4. The van der Waals surface area contributed by atoms with Crippen molar-refractivity contribution in [2.24, 2.45) is 0 Å². The second-order valence-electron chi connectivity index (χ2n) is 4.82. The van der Waals surface area contributed by atoms with E-state index in [0.29, 0.717) is 17.7 Å². The third-order valence-corrected chi connectivity index (χ3v) is 3.05. The molecule has 0 saturated carbocycles. The molecule has 0 spiro atoms. The van der Waals surface area contributed by atoms with Gasteiger partial charge in [0.05, 0.1) is 12.0 Å². The largest absolute Gasteiger partial charge is 0.573 e. The van der Waals surface area contributed by atoms with Crippen LogP contribution in [0.25, 0.3) is 0 Å². The van der Waals surface area contributed by atoms with Gasteiger partial charge in [0.25, 0.3) is 0 Å². The first-order valence-corrected chi connectivity index (χ1v) is 6.79. The van der Waals surface area contributed by atoms with Crippen LogP contribution < -0.4 is 10.1 Å². The van der Waals surface area contributed by atoms with Crippen molar-refractivity contribution in [2.75, 3.05) is 0 Å². The fourth-order valence-electron chi connectivity index (χ4n) is 1.99. The number of benzene rings is 2. The maximum atomic E-state index is 13.7. The lowest BCUT2D eigenvalue weighted by atomic mass is 10.1. The topological polar surface area (TPSA) is 38.3 Å². The number of halogens is 5. The van der Waals surface area contributed by atoms with Gasteiger partial charge in [-0.3, -0.25) is 4.79 Å². The zero-order valence-electron chi connectivity index (χ0n) is 12.2. The van der Waals surface area contributed by atoms with Crippen molar-refractivity contribution in [3.05, 3.63) is 65.2 Å². The molecule has 0 unspecified atom stereocenters.